The first-order chi connectivity index (χ1) is 11.4. The van der Waals surface area contributed by atoms with Crippen molar-refractivity contribution in [2.45, 2.75) is 32.0 Å². The molecule has 1 aromatic carbocycles. The van der Waals surface area contributed by atoms with Gasteiger partial charge in [0.1, 0.15) is 5.75 Å². The van der Waals surface area contributed by atoms with Crippen LogP contribution < -0.4 is 10.1 Å². The molecule has 0 aromatic heterocycles. The van der Waals surface area contributed by atoms with E-state index < -0.39 is 6.36 Å². The zero-order chi connectivity index (χ0) is 17.6. The topological polar surface area (TPSA) is 41.6 Å². The van der Waals surface area contributed by atoms with Gasteiger partial charge < -0.3 is 15.0 Å². The summed E-state index contributed by atoms with van der Waals surface area (Å²) in [7, 11) is 1.89. The first-order valence-electron chi connectivity index (χ1n) is 8.15. The van der Waals surface area contributed by atoms with Crippen LogP contribution in [0.4, 0.5) is 13.2 Å². The molecule has 1 aliphatic rings. The van der Waals surface area contributed by atoms with Crippen LogP contribution in [0.3, 0.4) is 0 Å². The first kappa shape index (κ1) is 18.6. The largest absolute Gasteiger partial charge is 0.573 e. The average Bonchev–Trinajstić information content (AvgIpc) is 2.53. The Kier molecular flexibility index (Phi) is 6.48. The number of benzene rings is 1. The van der Waals surface area contributed by atoms with Crippen molar-refractivity contribution in [3.8, 4) is 5.75 Å². The molecule has 7 heteroatoms. The Balaban J connectivity index is 1.92. The average molecular weight is 344 g/mol. The number of nitrogens with zero attached hydrogens (tertiary/aromatic N) is 1. The van der Waals surface area contributed by atoms with E-state index in [0.717, 1.165) is 25.9 Å². The second kappa shape index (κ2) is 8.37. The lowest BCUT2D eigenvalue weighted by atomic mass is 9.97. The number of hydrogen-bond donors (Lipinski definition) is 1. The van der Waals surface area contributed by atoms with Gasteiger partial charge in [0.2, 0.25) is 5.91 Å². The number of carbonyl (C=O) groups is 1. The molecule has 1 heterocycles. The van der Waals surface area contributed by atoms with Crippen LogP contribution in [-0.2, 0) is 11.2 Å². The summed E-state index contributed by atoms with van der Waals surface area (Å²) in [5.74, 6) is 0.190. The van der Waals surface area contributed by atoms with Gasteiger partial charge in [-0.25, -0.2) is 0 Å². The normalized spacial score (nSPS) is 18.5. The molecule has 0 aliphatic carbocycles. The second-order valence-corrected chi connectivity index (χ2v) is 6.06. The molecule has 1 N–H and O–H groups in total. The molecule has 1 atom stereocenters. The van der Waals surface area contributed by atoms with Crippen LogP contribution >= 0.6 is 0 Å². The molecule has 1 fully saturated rings. The summed E-state index contributed by atoms with van der Waals surface area (Å²) < 4.78 is 41.3. The van der Waals surface area contributed by atoms with Gasteiger partial charge in [-0.15, -0.1) is 13.2 Å². The highest BCUT2D eigenvalue weighted by Crippen LogP contribution is 2.27. The van der Waals surface area contributed by atoms with Gasteiger partial charge >= 0.3 is 6.36 Å². The Labute approximate surface area is 140 Å². The molecule has 0 bridgehead atoms. The van der Waals surface area contributed by atoms with Gasteiger partial charge in [-0.1, -0.05) is 18.2 Å². The van der Waals surface area contributed by atoms with Crippen LogP contribution in [0.15, 0.2) is 24.3 Å². The zero-order valence-electron chi connectivity index (χ0n) is 13.7. The van der Waals surface area contributed by atoms with Gasteiger partial charge in [0, 0.05) is 19.5 Å². The van der Waals surface area contributed by atoms with Gasteiger partial charge in [-0.2, -0.15) is 0 Å². The standard InChI is InChI=1S/C17H23F3N2O2/c1-21-11-13-5-4-10-22(12-13)16(23)9-8-14-6-2-3-7-15(14)24-17(18,19)20/h2-3,6-7,13,21H,4-5,8-12H2,1H3/t13-/m1/s1. The highest BCUT2D eigenvalue weighted by atomic mass is 19.4. The van der Waals surface area contributed by atoms with Crippen LogP contribution in [0.2, 0.25) is 0 Å². The Bertz CT molecular complexity index is 547. The molecule has 134 valence electrons. The number of rotatable bonds is 6. The Morgan fingerprint density at radius 1 is 1.38 bits per heavy atom. The van der Waals surface area contributed by atoms with Crippen LogP contribution in [0, 0.1) is 5.92 Å². The van der Waals surface area contributed by atoms with E-state index in [2.05, 4.69) is 10.1 Å². The maximum Gasteiger partial charge on any atom is 0.573 e. The summed E-state index contributed by atoms with van der Waals surface area (Å²) in [5.41, 5.74) is 0.395. The number of amides is 1. The predicted octanol–water partition coefficient (Wildman–Crippen LogP) is 2.98. The predicted molar refractivity (Wildman–Crippen MR) is 84.7 cm³/mol. The fraction of sp³-hybridized carbons (Fsp3) is 0.588. The van der Waals surface area contributed by atoms with Crippen molar-refractivity contribution in [2.75, 3.05) is 26.7 Å². The van der Waals surface area contributed by atoms with E-state index in [1.54, 1.807) is 12.1 Å². The first-order valence-corrected chi connectivity index (χ1v) is 8.15. The number of aryl methyl sites for hydroxylation is 1. The minimum absolute atomic E-state index is 0.0161. The molecule has 0 spiro atoms. The number of likely N-dealkylation sites (tertiary alicyclic amines) is 1. The molecule has 1 aliphatic heterocycles. The minimum atomic E-state index is -4.73. The van der Waals surface area contributed by atoms with Gasteiger partial charge in [-0.05, 0) is 50.4 Å². The summed E-state index contributed by atoms with van der Waals surface area (Å²) >= 11 is 0. The highest BCUT2D eigenvalue weighted by Gasteiger charge is 2.32. The second-order valence-electron chi connectivity index (χ2n) is 6.06. The third-order valence-electron chi connectivity index (χ3n) is 4.17. The van der Waals surface area contributed by atoms with E-state index >= 15 is 0 Å². The zero-order valence-corrected chi connectivity index (χ0v) is 13.7. The monoisotopic (exact) mass is 344 g/mol. The molecule has 0 saturated carbocycles. The molecule has 1 saturated heterocycles. The molecule has 1 amide bonds. The number of nitrogens with one attached hydrogen (secondary N) is 1. The molecular weight excluding hydrogens is 321 g/mol. The summed E-state index contributed by atoms with van der Waals surface area (Å²) in [6.45, 7) is 2.30. The third-order valence-corrected chi connectivity index (χ3v) is 4.17. The van der Waals surface area contributed by atoms with Crippen molar-refractivity contribution < 1.29 is 22.7 Å². The molecule has 2 rings (SSSR count). The van der Waals surface area contributed by atoms with E-state index in [9.17, 15) is 18.0 Å². The van der Waals surface area contributed by atoms with Gasteiger partial charge in [-0.3, -0.25) is 4.79 Å². The lowest BCUT2D eigenvalue weighted by Gasteiger charge is -2.32. The molecule has 24 heavy (non-hydrogen) atoms. The van der Waals surface area contributed by atoms with Crippen LogP contribution in [0.5, 0.6) is 5.75 Å². The number of carbonyl (C=O) groups excluding carboxylic acids is 1. The van der Waals surface area contributed by atoms with Gasteiger partial charge in [0.05, 0.1) is 0 Å². The Hall–Kier alpha value is -1.76. The summed E-state index contributed by atoms with van der Waals surface area (Å²) in [6, 6.07) is 5.97. The minimum Gasteiger partial charge on any atom is -0.406 e. The fourth-order valence-corrected chi connectivity index (χ4v) is 3.08. The molecule has 1 aromatic rings. The van der Waals surface area contributed by atoms with E-state index in [1.807, 2.05) is 11.9 Å². The number of ether oxygens (including phenoxy) is 1. The smallest absolute Gasteiger partial charge is 0.406 e. The maximum absolute atomic E-state index is 12.4. The van der Waals surface area contributed by atoms with Crippen molar-refractivity contribution in [3.05, 3.63) is 29.8 Å². The third kappa shape index (κ3) is 5.70. The SMILES string of the molecule is CNC[C@H]1CCCN(C(=O)CCc2ccccc2OC(F)(F)F)C1. The van der Waals surface area contributed by atoms with Crippen molar-refractivity contribution in [1.29, 1.82) is 0 Å². The Morgan fingerprint density at radius 3 is 2.83 bits per heavy atom. The molecular formula is C17H23F3N2O2. The molecule has 0 radical (unpaired) electrons. The number of alkyl halides is 3. The number of para-hydroxylation sites is 1. The van der Waals surface area contributed by atoms with Gasteiger partial charge in [0.25, 0.3) is 0 Å². The summed E-state index contributed by atoms with van der Waals surface area (Å²) in [6.07, 6.45) is -2.26. The molecule has 4 nitrogen and oxygen atoms in total. The maximum atomic E-state index is 12.4. The van der Waals surface area contributed by atoms with Crippen molar-refractivity contribution >= 4 is 5.91 Å². The number of halogens is 3. The lowest BCUT2D eigenvalue weighted by molar-refractivity contribution is -0.274. The van der Waals surface area contributed by atoms with Crippen LogP contribution in [0.1, 0.15) is 24.8 Å². The van der Waals surface area contributed by atoms with Crippen molar-refractivity contribution in [1.82, 2.24) is 10.2 Å². The van der Waals surface area contributed by atoms with Crippen LogP contribution in [0.25, 0.3) is 0 Å². The van der Waals surface area contributed by atoms with Crippen molar-refractivity contribution in [2.24, 2.45) is 5.92 Å². The quantitative estimate of drug-likeness (QED) is 0.863. The van der Waals surface area contributed by atoms with E-state index in [1.165, 1.54) is 12.1 Å². The van der Waals surface area contributed by atoms with E-state index in [0.29, 0.717) is 18.0 Å². The van der Waals surface area contributed by atoms with Crippen molar-refractivity contribution in [3.63, 3.8) is 0 Å². The fourth-order valence-electron chi connectivity index (χ4n) is 3.08. The van der Waals surface area contributed by atoms with Crippen LogP contribution in [-0.4, -0.2) is 43.9 Å². The highest BCUT2D eigenvalue weighted by molar-refractivity contribution is 5.76. The molecule has 0 unspecified atom stereocenters. The van der Waals surface area contributed by atoms with E-state index in [4.69, 9.17) is 0 Å². The Morgan fingerprint density at radius 2 is 2.12 bits per heavy atom. The lowest BCUT2D eigenvalue weighted by Crippen LogP contribution is -2.42. The van der Waals surface area contributed by atoms with E-state index in [-0.39, 0.29) is 24.5 Å². The summed E-state index contributed by atoms with van der Waals surface area (Å²) in [5, 5.41) is 3.12. The number of piperidine rings is 1. The summed E-state index contributed by atoms with van der Waals surface area (Å²) in [4.78, 5) is 14.2. The number of hydrogen-bond acceptors (Lipinski definition) is 3. The van der Waals surface area contributed by atoms with Gasteiger partial charge in [0.15, 0.2) is 0 Å².